The van der Waals surface area contributed by atoms with Crippen molar-refractivity contribution in [1.29, 1.82) is 0 Å². The van der Waals surface area contributed by atoms with Crippen LogP contribution in [0.5, 0.6) is 11.5 Å². The Balaban J connectivity index is 1.77. The van der Waals surface area contributed by atoms with Crippen molar-refractivity contribution in [2.24, 2.45) is 0 Å². The van der Waals surface area contributed by atoms with Gasteiger partial charge in [0, 0.05) is 32.7 Å². The largest absolute Gasteiger partial charge is 0.490 e. The highest BCUT2D eigenvalue weighted by Crippen LogP contribution is 2.26. The van der Waals surface area contributed by atoms with Crippen LogP contribution >= 0.6 is 0 Å². The second-order valence-electron chi connectivity index (χ2n) is 4.74. The summed E-state index contributed by atoms with van der Waals surface area (Å²) in [6.07, 6.45) is 1.01. The van der Waals surface area contributed by atoms with Gasteiger partial charge in [-0.05, 0) is 18.6 Å². The number of piperazine rings is 1. The van der Waals surface area contributed by atoms with Crippen LogP contribution in [0, 0.1) is 0 Å². The lowest BCUT2D eigenvalue weighted by Crippen LogP contribution is -2.44. The molecule has 1 N–H and O–H groups in total. The Labute approximate surface area is 115 Å². The zero-order chi connectivity index (χ0) is 13.3. The molecule has 0 unspecified atom stereocenters. The fourth-order valence-electron chi connectivity index (χ4n) is 2.12. The summed E-state index contributed by atoms with van der Waals surface area (Å²) >= 11 is 0. The first-order valence-corrected chi connectivity index (χ1v) is 7.18. The van der Waals surface area contributed by atoms with Crippen LogP contribution in [-0.2, 0) is 0 Å². The van der Waals surface area contributed by atoms with E-state index >= 15 is 0 Å². The van der Waals surface area contributed by atoms with Gasteiger partial charge in [0.1, 0.15) is 6.61 Å². The number of hydrogen-bond donors (Lipinski definition) is 1. The molecule has 4 nitrogen and oxygen atoms in total. The second kappa shape index (κ2) is 8.02. The van der Waals surface area contributed by atoms with Crippen molar-refractivity contribution in [3.8, 4) is 11.5 Å². The zero-order valence-corrected chi connectivity index (χ0v) is 11.7. The fourth-order valence-corrected chi connectivity index (χ4v) is 2.12. The van der Waals surface area contributed by atoms with Crippen LogP contribution in [0.15, 0.2) is 24.3 Å². The van der Waals surface area contributed by atoms with Crippen LogP contribution in [0.1, 0.15) is 13.3 Å². The Kier molecular flexibility index (Phi) is 5.98. The third kappa shape index (κ3) is 4.73. The number of para-hydroxylation sites is 2. The molecule has 0 amide bonds. The first-order valence-electron chi connectivity index (χ1n) is 7.18. The van der Waals surface area contributed by atoms with Crippen molar-refractivity contribution in [1.82, 2.24) is 10.2 Å². The standard InChI is InChI=1S/C15H24N2O2/c1-2-12-18-14-5-3-4-6-15(14)19-13-11-17-9-7-16-8-10-17/h3-6,16H,2,7-13H2,1H3. The minimum absolute atomic E-state index is 0.715. The summed E-state index contributed by atoms with van der Waals surface area (Å²) in [7, 11) is 0. The van der Waals surface area contributed by atoms with Crippen molar-refractivity contribution in [3.63, 3.8) is 0 Å². The summed E-state index contributed by atoms with van der Waals surface area (Å²) < 4.78 is 11.5. The molecule has 1 aromatic rings. The van der Waals surface area contributed by atoms with Crippen molar-refractivity contribution >= 4 is 0 Å². The molecule has 0 atom stereocenters. The molecule has 1 heterocycles. The van der Waals surface area contributed by atoms with Gasteiger partial charge >= 0.3 is 0 Å². The quantitative estimate of drug-likeness (QED) is 0.813. The van der Waals surface area contributed by atoms with Crippen LogP contribution in [0.4, 0.5) is 0 Å². The Hall–Kier alpha value is -1.26. The van der Waals surface area contributed by atoms with Crippen molar-refractivity contribution < 1.29 is 9.47 Å². The van der Waals surface area contributed by atoms with Gasteiger partial charge in [-0.1, -0.05) is 19.1 Å². The Morgan fingerprint density at radius 1 is 1.05 bits per heavy atom. The molecule has 4 heteroatoms. The molecule has 106 valence electrons. The molecule has 0 radical (unpaired) electrons. The molecule has 1 aromatic carbocycles. The highest BCUT2D eigenvalue weighted by atomic mass is 16.5. The smallest absolute Gasteiger partial charge is 0.161 e. The zero-order valence-electron chi connectivity index (χ0n) is 11.7. The molecule has 1 aliphatic heterocycles. The number of benzene rings is 1. The predicted octanol–water partition coefficient (Wildman–Crippen LogP) is 1.76. The number of rotatable bonds is 7. The Bertz CT molecular complexity index is 365. The summed E-state index contributed by atoms with van der Waals surface area (Å²) in [6, 6.07) is 7.91. The van der Waals surface area contributed by atoms with Crippen LogP contribution < -0.4 is 14.8 Å². The van der Waals surface area contributed by atoms with E-state index in [0.29, 0.717) is 6.61 Å². The van der Waals surface area contributed by atoms with E-state index in [1.165, 1.54) is 0 Å². The molecule has 1 aliphatic rings. The van der Waals surface area contributed by atoms with Crippen molar-refractivity contribution in [2.45, 2.75) is 13.3 Å². The maximum absolute atomic E-state index is 5.85. The van der Waals surface area contributed by atoms with Gasteiger partial charge in [0.2, 0.25) is 0 Å². The third-order valence-electron chi connectivity index (χ3n) is 3.19. The lowest BCUT2D eigenvalue weighted by atomic mass is 10.3. The highest BCUT2D eigenvalue weighted by Gasteiger charge is 2.10. The maximum Gasteiger partial charge on any atom is 0.161 e. The average molecular weight is 264 g/mol. The predicted molar refractivity (Wildman–Crippen MR) is 77.0 cm³/mol. The van der Waals surface area contributed by atoms with Crippen LogP contribution in [0.25, 0.3) is 0 Å². The molecule has 19 heavy (non-hydrogen) atoms. The van der Waals surface area contributed by atoms with E-state index in [-0.39, 0.29) is 0 Å². The van der Waals surface area contributed by atoms with Gasteiger partial charge in [0.15, 0.2) is 11.5 Å². The number of ether oxygens (including phenoxy) is 2. The molecule has 0 spiro atoms. The topological polar surface area (TPSA) is 33.7 Å². The van der Waals surface area contributed by atoms with Gasteiger partial charge in [-0.3, -0.25) is 4.90 Å². The molecule has 0 aromatic heterocycles. The van der Waals surface area contributed by atoms with E-state index in [4.69, 9.17) is 9.47 Å². The molecular weight excluding hydrogens is 240 g/mol. The van der Waals surface area contributed by atoms with E-state index in [2.05, 4.69) is 17.1 Å². The van der Waals surface area contributed by atoms with Crippen LogP contribution in [0.2, 0.25) is 0 Å². The fraction of sp³-hybridized carbons (Fsp3) is 0.600. The minimum Gasteiger partial charge on any atom is -0.490 e. The van der Waals surface area contributed by atoms with Gasteiger partial charge in [0.05, 0.1) is 6.61 Å². The van der Waals surface area contributed by atoms with Gasteiger partial charge in [-0.15, -0.1) is 0 Å². The SMILES string of the molecule is CCCOc1ccccc1OCCN1CCNCC1. The monoisotopic (exact) mass is 264 g/mol. The summed E-state index contributed by atoms with van der Waals surface area (Å²) in [5.74, 6) is 1.70. The molecule has 0 saturated carbocycles. The molecule has 2 rings (SSSR count). The molecule has 1 fully saturated rings. The first kappa shape index (κ1) is 14.2. The van der Waals surface area contributed by atoms with Crippen molar-refractivity contribution in [3.05, 3.63) is 24.3 Å². The molecular formula is C15H24N2O2. The van der Waals surface area contributed by atoms with Gasteiger partial charge in [0.25, 0.3) is 0 Å². The summed E-state index contributed by atoms with van der Waals surface area (Å²) in [4.78, 5) is 2.42. The van der Waals surface area contributed by atoms with E-state index in [9.17, 15) is 0 Å². The lowest BCUT2D eigenvalue weighted by Gasteiger charge is -2.27. The third-order valence-corrected chi connectivity index (χ3v) is 3.19. The number of nitrogens with one attached hydrogen (secondary N) is 1. The average Bonchev–Trinajstić information content (AvgIpc) is 2.47. The highest BCUT2D eigenvalue weighted by molar-refractivity contribution is 5.39. The normalized spacial score (nSPS) is 16.3. The van der Waals surface area contributed by atoms with Gasteiger partial charge in [-0.2, -0.15) is 0 Å². The Morgan fingerprint density at radius 2 is 1.68 bits per heavy atom. The number of nitrogens with zero attached hydrogens (tertiary/aromatic N) is 1. The number of hydrogen-bond acceptors (Lipinski definition) is 4. The van der Waals surface area contributed by atoms with E-state index in [1.54, 1.807) is 0 Å². The molecule has 0 bridgehead atoms. The van der Waals surface area contributed by atoms with Gasteiger partial charge < -0.3 is 14.8 Å². The van der Waals surface area contributed by atoms with Crippen LogP contribution in [-0.4, -0.2) is 50.8 Å². The minimum atomic E-state index is 0.715. The Morgan fingerprint density at radius 3 is 2.32 bits per heavy atom. The molecule has 0 aliphatic carbocycles. The van der Waals surface area contributed by atoms with E-state index < -0.39 is 0 Å². The van der Waals surface area contributed by atoms with Gasteiger partial charge in [-0.25, -0.2) is 0 Å². The molecule has 1 saturated heterocycles. The summed E-state index contributed by atoms with van der Waals surface area (Å²) in [5, 5.41) is 3.35. The first-order chi connectivity index (χ1) is 9.40. The second-order valence-corrected chi connectivity index (χ2v) is 4.74. The summed E-state index contributed by atoms with van der Waals surface area (Å²) in [5.41, 5.74) is 0. The van der Waals surface area contributed by atoms with E-state index in [1.807, 2.05) is 24.3 Å². The summed E-state index contributed by atoms with van der Waals surface area (Å²) in [6.45, 7) is 8.91. The van der Waals surface area contributed by atoms with E-state index in [0.717, 1.165) is 57.3 Å². The van der Waals surface area contributed by atoms with Crippen LogP contribution in [0.3, 0.4) is 0 Å². The maximum atomic E-state index is 5.85. The van der Waals surface area contributed by atoms with Crippen molar-refractivity contribution in [2.75, 3.05) is 45.9 Å². The lowest BCUT2D eigenvalue weighted by molar-refractivity contribution is 0.186.